The largest absolute Gasteiger partial charge is 0.461 e. The second-order valence-corrected chi connectivity index (χ2v) is 61.8. The van der Waals surface area contributed by atoms with Crippen LogP contribution in [0.3, 0.4) is 0 Å². The summed E-state index contributed by atoms with van der Waals surface area (Å²) in [5.41, 5.74) is 1.21. The molecule has 0 spiro atoms. The molecule has 0 aliphatic carbocycles. The van der Waals surface area contributed by atoms with Crippen LogP contribution < -0.4 is 5.32 Å². The quantitative estimate of drug-likeness (QED) is 0.00970. The third-order valence-corrected chi connectivity index (χ3v) is 40.6. The van der Waals surface area contributed by atoms with Gasteiger partial charge >= 0.3 is 17.9 Å². The molecule has 4 unspecified atom stereocenters. The molecule has 0 aromatic rings. The Kier molecular flexibility index (Phi) is 76.1. The first-order valence-electron chi connectivity index (χ1n) is 40.7. The highest BCUT2D eigenvalue weighted by Crippen LogP contribution is 2.26. The van der Waals surface area contributed by atoms with Gasteiger partial charge in [0.15, 0.2) is 68.7 Å². The van der Waals surface area contributed by atoms with Crippen molar-refractivity contribution in [3.05, 3.63) is 61.8 Å². The number of carbonyl (C=O) groups is 3. The fourth-order valence-corrected chi connectivity index (χ4v) is 38.6. The van der Waals surface area contributed by atoms with E-state index in [1.165, 1.54) is 25.3 Å². The predicted molar refractivity (Wildman–Crippen MR) is 473 cm³/mol. The fraction of sp³-hybridized carbons (Fsp3) is 0.833. The van der Waals surface area contributed by atoms with Crippen LogP contribution >= 0.6 is 0 Å². The van der Waals surface area contributed by atoms with Crippen LogP contribution in [0.4, 0.5) is 0 Å². The fourth-order valence-electron chi connectivity index (χ4n) is 10.1. The SMILES string of the molecule is C1CCOC1.C=C(C)C(=O)OCCOCCC[Si](C)(C)O[Si](C)(C)CCCOCC(O)CN(C)CCO.C=C(C)C(=O)OCCOCCC[Si](C)(C)O[Si](C)(C)CCCOCC1CO1.C=CCOCC1CO1.C=CCOCCOC(=O)C(=C)C.CCCNC.C[SiH](C)O[SiH](C)C.C[SiH](C)O[Si](C)(C)CCCOCC1CO1. The zero-order chi connectivity index (χ0) is 85.0. The van der Waals surface area contributed by atoms with Crippen LogP contribution in [0.5, 0.6) is 0 Å². The average Bonchev–Trinajstić information content (AvgIpc) is 1.56. The molecule has 0 aromatic heterocycles. The molecule has 4 aliphatic heterocycles. The monoisotopic (exact) mass is 1720 g/mol. The molecule has 33 heteroatoms. The first-order valence-corrected chi connectivity index (χ1v) is 64.6. The summed E-state index contributed by atoms with van der Waals surface area (Å²) in [6, 6.07) is 5.46. The molecule has 0 radical (unpaired) electrons. The van der Waals surface area contributed by atoms with Crippen molar-refractivity contribution in [1.82, 2.24) is 10.2 Å². The topological polar surface area (TPSA) is 283 Å². The summed E-state index contributed by atoms with van der Waals surface area (Å²) >= 11 is 0. The molecule has 4 saturated heterocycles. The van der Waals surface area contributed by atoms with Crippen molar-refractivity contribution >= 4 is 86.6 Å². The number of rotatable bonds is 58. The van der Waals surface area contributed by atoms with E-state index in [1.807, 2.05) is 19.0 Å². The standard InChI is InChI=1S/C22H47NO7Si2.C19H38O6Si2.C10H24O3Si2.C9H14O3.C6H10O2.C4H11N.C4H14OSi2.C4H8O/c1-20(2)22(26)29-15-14-27-12-8-16-31(4,5)30-32(6,7)17-9-13-28-19-21(25)18-23(3)10-11-24;1-17(2)19(20)23-12-11-21-9-7-13-26(3,4)25-27(5,6)14-8-10-22-15-18-16-24-18;1-14(2)13-15(3,4)7-5-6-11-8-10-9-12-10;1-4-5-11-6-7-12-9(10)8(2)3;1-2-3-7-4-6-5-8-6;1-3-4-5-2;1-6(2)5-7(3)4;1-2-4-5-3-1/h21,24-25H,1,8-19H2,2-7H3;18H,1,7-16H2,2-6H3;10,14H,5-9H2,1-4H3;4H,1-2,5-7H2,3H3;2,6H,1,3-5H2;5H,3-4H2,1-2H3;6-7H,1-4H3;1-4H2. The van der Waals surface area contributed by atoms with Gasteiger partial charge in [0.25, 0.3) is 0 Å². The number of nitrogens with zero attached hydrogens (tertiary/aromatic N) is 1. The number of aliphatic hydroxyl groups excluding tert-OH is 2. The van der Waals surface area contributed by atoms with Gasteiger partial charge in [0.2, 0.25) is 0 Å². The Labute approximate surface area is 686 Å². The maximum Gasteiger partial charge on any atom is 0.333 e. The lowest BCUT2D eigenvalue weighted by Crippen LogP contribution is -2.44. The predicted octanol–water partition coefficient (Wildman–Crippen LogP) is 12.7. The summed E-state index contributed by atoms with van der Waals surface area (Å²) in [6.45, 7) is 76.8. The minimum atomic E-state index is -1.78. The second kappa shape index (κ2) is 73.2. The molecule has 0 saturated carbocycles. The molecule has 0 bridgehead atoms. The van der Waals surface area contributed by atoms with Gasteiger partial charge in [-0.3, -0.25) is 0 Å². The van der Waals surface area contributed by atoms with Gasteiger partial charge < -0.3 is 103 Å². The third kappa shape index (κ3) is 91.8. The number of carbonyl (C=O) groups excluding carboxylic acids is 3. The maximum absolute atomic E-state index is 11.3. The molecule has 25 nitrogen and oxygen atoms in total. The van der Waals surface area contributed by atoms with Crippen LogP contribution in [0.25, 0.3) is 0 Å². The average molecular weight is 1720 g/mol. The summed E-state index contributed by atoms with van der Waals surface area (Å²) < 4.78 is 97.6. The van der Waals surface area contributed by atoms with E-state index in [4.69, 9.17) is 87.9 Å². The summed E-state index contributed by atoms with van der Waals surface area (Å²) in [7, 11) is -6.65. The van der Waals surface area contributed by atoms with Gasteiger partial charge in [-0.1, -0.05) is 38.8 Å². The number of nitrogens with one attached hydrogen (secondary N) is 1. The third-order valence-electron chi connectivity index (χ3n) is 15.2. The number of esters is 3. The number of likely N-dealkylation sites (N-methyl/N-ethyl adjacent to an activating group) is 1. The second-order valence-electron chi connectivity index (χ2n) is 31.7. The van der Waals surface area contributed by atoms with Crippen LogP contribution in [0.2, 0.25) is 135 Å². The van der Waals surface area contributed by atoms with Gasteiger partial charge in [0, 0.05) is 76.1 Å². The first-order chi connectivity index (χ1) is 52.1. The van der Waals surface area contributed by atoms with Crippen molar-refractivity contribution in [3.8, 4) is 0 Å². The van der Waals surface area contributed by atoms with Gasteiger partial charge in [0.05, 0.1) is 92.0 Å². The Balaban J connectivity index is -0.000000643. The normalized spacial score (nSPS) is 15.8. The summed E-state index contributed by atoms with van der Waals surface area (Å²) in [6.07, 6.45) is 12.8. The van der Waals surface area contributed by atoms with Gasteiger partial charge in [0.1, 0.15) is 38.1 Å². The molecular formula is C78H166N2O23Si8. The molecular weight excluding hydrogens is 1560 g/mol. The van der Waals surface area contributed by atoms with Gasteiger partial charge in [-0.25, -0.2) is 14.4 Å². The van der Waals surface area contributed by atoms with Gasteiger partial charge in [-0.15, -0.1) is 13.2 Å². The maximum atomic E-state index is 11.3. The van der Waals surface area contributed by atoms with E-state index in [0.717, 1.165) is 129 Å². The van der Waals surface area contributed by atoms with E-state index in [2.05, 4.69) is 150 Å². The molecule has 0 aromatic carbocycles. The molecule has 4 aliphatic rings. The minimum absolute atomic E-state index is 0.0867. The van der Waals surface area contributed by atoms with Crippen LogP contribution in [-0.2, 0) is 97.2 Å². The van der Waals surface area contributed by atoms with Crippen molar-refractivity contribution in [2.45, 2.75) is 238 Å². The Hall–Kier alpha value is -1.91. The highest BCUT2D eigenvalue weighted by molar-refractivity contribution is 6.85. The molecule has 0 amide bonds. The molecule has 4 heterocycles. The molecule has 4 rings (SSSR count). The van der Waals surface area contributed by atoms with E-state index in [9.17, 15) is 19.5 Å². The minimum Gasteiger partial charge on any atom is -0.461 e. The van der Waals surface area contributed by atoms with Gasteiger partial charge in [-0.05, 0) is 228 Å². The van der Waals surface area contributed by atoms with Crippen molar-refractivity contribution in [1.29, 1.82) is 0 Å². The smallest absolute Gasteiger partial charge is 0.333 e. The van der Waals surface area contributed by atoms with Crippen molar-refractivity contribution in [2.24, 2.45) is 0 Å². The van der Waals surface area contributed by atoms with E-state index >= 15 is 0 Å². The van der Waals surface area contributed by atoms with Crippen LogP contribution in [0, 0.1) is 0 Å². The highest BCUT2D eigenvalue weighted by atomic mass is 28.4. The molecule has 4 fully saturated rings. The summed E-state index contributed by atoms with van der Waals surface area (Å²) in [5, 5.41) is 21.9. The summed E-state index contributed by atoms with van der Waals surface area (Å²) in [5.74, 6) is -1.12. The summed E-state index contributed by atoms with van der Waals surface area (Å²) in [4.78, 5) is 35.2. The zero-order valence-corrected chi connectivity index (χ0v) is 82.7. The van der Waals surface area contributed by atoms with Crippen LogP contribution in [0.1, 0.15) is 79.1 Å². The van der Waals surface area contributed by atoms with Crippen LogP contribution in [0.15, 0.2) is 61.8 Å². The van der Waals surface area contributed by atoms with Gasteiger partial charge in [-0.2, -0.15) is 0 Å². The molecule has 111 heavy (non-hydrogen) atoms. The molecule has 3 N–H and O–H groups in total. The van der Waals surface area contributed by atoms with E-state index < -0.39 is 74.8 Å². The number of epoxide rings is 3. The highest BCUT2D eigenvalue weighted by Gasteiger charge is 2.34. The Morgan fingerprint density at radius 2 is 0.847 bits per heavy atom. The number of aliphatic hydroxyl groups is 2. The van der Waals surface area contributed by atoms with E-state index in [0.29, 0.717) is 108 Å². The zero-order valence-electron chi connectivity index (χ0n) is 74.2. The number of ether oxygens (including phenoxy) is 14. The van der Waals surface area contributed by atoms with Crippen molar-refractivity contribution in [3.63, 3.8) is 0 Å². The Morgan fingerprint density at radius 1 is 0.514 bits per heavy atom. The van der Waals surface area contributed by atoms with Crippen LogP contribution in [-0.4, -0.2) is 312 Å². The van der Waals surface area contributed by atoms with E-state index in [-0.39, 0.29) is 44.3 Å². The Morgan fingerprint density at radius 3 is 1.13 bits per heavy atom. The number of hydrogen-bond donors (Lipinski definition) is 3. The number of hydrogen-bond acceptors (Lipinski definition) is 25. The lowest BCUT2D eigenvalue weighted by molar-refractivity contribution is -0.141. The molecule has 658 valence electrons. The van der Waals surface area contributed by atoms with E-state index in [1.54, 1.807) is 32.9 Å². The van der Waals surface area contributed by atoms with Crippen molar-refractivity contribution in [2.75, 3.05) is 186 Å². The van der Waals surface area contributed by atoms with Crippen molar-refractivity contribution < 1.29 is 107 Å². The lowest BCUT2D eigenvalue weighted by atomic mass is 10.3. The first kappa shape index (κ1) is 115. The lowest BCUT2D eigenvalue weighted by Gasteiger charge is -2.34. The molecule has 4 atom stereocenters. The Bertz CT molecular complexity index is 2290.